The Kier molecular flexibility index (Phi) is 15.8. The molecule has 1 aromatic rings. The summed E-state index contributed by atoms with van der Waals surface area (Å²) in [6.45, 7) is 9.28. The fraction of sp³-hybridized carbons (Fsp3) is 0.700. The Morgan fingerprint density at radius 1 is 0.733 bits per heavy atom. The zero-order chi connectivity index (χ0) is 21.9. The van der Waals surface area contributed by atoms with Gasteiger partial charge in [-0.2, -0.15) is 8.42 Å². The molecular weight excluding hydrogens is 414 g/mol. The monoisotopic (exact) mass is 449 g/mol. The maximum absolute atomic E-state index is 12.0. The van der Waals surface area contributed by atoms with Crippen LogP contribution in [0.1, 0.15) is 12.5 Å². The second-order valence-corrected chi connectivity index (χ2v) is 7.79. The van der Waals surface area contributed by atoms with Gasteiger partial charge in [0.05, 0.1) is 71.1 Å². The molecule has 0 aliphatic rings. The topological polar surface area (TPSA) is 102 Å². The predicted molar refractivity (Wildman–Crippen MR) is 112 cm³/mol. The molecule has 0 saturated heterocycles. The van der Waals surface area contributed by atoms with Crippen LogP contribution in [0.25, 0.3) is 0 Å². The molecule has 9 nitrogen and oxygen atoms in total. The molecule has 0 aliphatic carbocycles. The van der Waals surface area contributed by atoms with Gasteiger partial charge >= 0.3 is 0 Å². The highest BCUT2D eigenvalue weighted by atomic mass is 32.2. The largest absolute Gasteiger partial charge is 0.378 e. The van der Waals surface area contributed by atoms with Gasteiger partial charge in [-0.3, -0.25) is 9.50 Å². The fourth-order valence-electron chi connectivity index (χ4n) is 2.13. The highest BCUT2D eigenvalue weighted by Gasteiger charge is 2.14. The predicted octanol–water partition coefficient (Wildman–Crippen LogP) is 1.35. The number of hydrogen-bond acceptors (Lipinski definition) is 9. The molecular formula is C20H35NO8S. The second kappa shape index (κ2) is 17.6. The summed E-state index contributed by atoms with van der Waals surface area (Å²) in [5, 5.41) is 3.09. The van der Waals surface area contributed by atoms with Gasteiger partial charge in [0, 0.05) is 13.2 Å². The van der Waals surface area contributed by atoms with E-state index < -0.39 is 10.1 Å². The van der Waals surface area contributed by atoms with E-state index in [1.165, 1.54) is 12.1 Å². The van der Waals surface area contributed by atoms with Gasteiger partial charge < -0.3 is 23.7 Å². The molecule has 0 fully saturated rings. The van der Waals surface area contributed by atoms with Gasteiger partial charge in [0.2, 0.25) is 0 Å². The third-order valence-corrected chi connectivity index (χ3v) is 5.05. The average molecular weight is 450 g/mol. The lowest BCUT2D eigenvalue weighted by Crippen LogP contribution is -2.23. The summed E-state index contributed by atoms with van der Waals surface area (Å²) in [7, 11) is -3.75. The minimum absolute atomic E-state index is 0.0412. The van der Waals surface area contributed by atoms with Crippen LogP contribution in [0.4, 0.5) is 0 Å². The highest BCUT2D eigenvalue weighted by Crippen LogP contribution is 2.12. The quantitative estimate of drug-likeness (QED) is 0.180. The van der Waals surface area contributed by atoms with Crippen molar-refractivity contribution in [3.05, 3.63) is 29.8 Å². The van der Waals surface area contributed by atoms with E-state index in [1.54, 1.807) is 12.1 Å². The molecule has 0 unspecified atom stereocenters. The summed E-state index contributed by atoms with van der Waals surface area (Å²) in [5.74, 6) is 0. The molecule has 0 saturated carbocycles. The molecule has 10 heteroatoms. The molecule has 0 heterocycles. The molecule has 1 N–H and O–H groups in total. The van der Waals surface area contributed by atoms with E-state index in [0.717, 1.165) is 12.1 Å². The minimum Gasteiger partial charge on any atom is -0.378 e. The fourth-order valence-corrected chi connectivity index (χ4v) is 3.02. The summed E-state index contributed by atoms with van der Waals surface area (Å²) in [5.41, 5.74) is 0.984. The van der Waals surface area contributed by atoms with Crippen molar-refractivity contribution in [1.82, 2.24) is 5.32 Å². The van der Waals surface area contributed by atoms with Crippen molar-refractivity contribution >= 4 is 10.1 Å². The Morgan fingerprint density at radius 2 is 1.23 bits per heavy atom. The average Bonchev–Trinajstić information content (AvgIpc) is 2.73. The van der Waals surface area contributed by atoms with Crippen LogP contribution in [0.3, 0.4) is 0 Å². The van der Waals surface area contributed by atoms with Crippen molar-refractivity contribution in [3.63, 3.8) is 0 Å². The molecule has 0 radical (unpaired) electrons. The van der Waals surface area contributed by atoms with E-state index in [2.05, 4.69) is 5.32 Å². The van der Waals surface area contributed by atoms with E-state index in [0.29, 0.717) is 59.6 Å². The summed E-state index contributed by atoms with van der Waals surface area (Å²) in [6, 6.07) is 6.50. The lowest BCUT2D eigenvalue weighted by molar-refractivity contribution is -0.00459. The van der Waals surface area contributed by atoms with Crippen molar-refractivity contribution in [1.29, 1.82) is 0 Å². The minimum atomic E-state index is -3.75. The van der Waals surface area contributed by atoms with E-state index in [9.17, 15) is 8.42 Å². The molecule has 0 bridgehead atoms. The van der Waals surface area contributed by atoms with Gasteiger partial charge in [-0.25, -0.2) is 0 Å². The molecule has 1 aromatic carbocycles. The normalized spacial score (nSPS) is 11.8. The van der Waals surface area contributed by atoms with Crippen molar-refractivity contribution in [2.45, 2.75) is 18.7 Å². The second-order valence-electron chi connectivity index (χ2n) is 6.18. The summed E-state index contributed by atoms with van der Waals surface area (Å²) in [4.78, 5) is 0.139. The summed E-state index contributed by atoms with van der Waals surface area (Å²) < 4.78 is 55.5. The Labute approximate surface area is 180 Å². The molecule has 0 atom stereocenters. The van der Waals surface area contributed by atoms with E-state index in [4.69, 9.17) is 27.9 Å². The standard InChI is InChI=1S/C20H35NO8S/c1-3-24-18-21-8-9-25-10-11-26-12-13-27-14-15-28-16-17-29-30(22,23)20-6-4-19(2)5-7-20/h4-7,21H,3,8-18H2,1-2H3. The Morgan fingerprint density at radius 3 is 1.77 bits per heavy atom. The Bertz CT molecular complexity index is 624. The van der Waals surface area contributed by atoms with Gasteiger partial charge in [0.25, 0.3) is 10.1 Å². The summed E-state index contributed by atoms with van der Waals surface area (Å²) in [6.07, 6.45) is 0. The van der Waals surface area contributed by atoms with Crippen LogP contribution in [0.5, 0.6) is 0 Å². The number of rotatable bonds is 20. The first kappa shape index (κ1) is 26.9. The molecule has 174 valence electrons. The summed E-state index contributed by atoms with van der Waals surface area (Å²) >= 11 is 0. The molecule has 0 amide bonds. The van der Waals surface area contributed by atoms with Crippen molar-refractivity contribution < 1.29 is 36.3 Å². The van der Waals surface area contributed by atoms with E-state index in [-0.39, 0.29) is 18.1 Å². The molecule has 30 heavy (non-hydrogen) atoms. The van der Waals surface area contributed by atoms with E-state index in [1.807, 2.05) is 13.8 Å². The van der Waals surface area contributed by atoms with Gasteiger partial charge in [-0.05, 0) is 26.0 Å². The van der Waals surface area contributed by atoms with E-state index >= 15 is 0 Å². The Hall–Kier alpha value is -1.11. The smallest absolute Gasteiger partial charge is 0.297 e. The maximum Gasteiger partial charge on any atom is 0.297 e. The number of ether oxygens (including phenoxy) is 5. The Balaban J connectivity index is 1.84. The van der Waals surface area contributed by atoms with Crippen LogP contribution in [0.2, 0.25) is 0 Å². The van der Waals surface area contributed by atoms with Gasteiger partial charge in [-0.1, -0.05) is 17.7 Å². The van der Waals surface area contributed by atoms with Crippen LogP contribution in [0, 0.1) is 6.92 Å². The third kappa shape index (κ3) is 14.0. The molecule has 1 rings (SSSR count). The van der Waals surface area contributed by atoms with Crippen LogP contribution in [0.15, 0.2) is 29.2 Å². The molecule has 0 spiro atoms. The van der Waals surface area contributed by atoms with Crippen LogP contribution in [-0.2, 0) is 38.0 Å². The SMILES string of the molecule is CCOCNCCOCCOCCOCCOCCOS(=O)(=O)c1ccc(C)cc1. The van der Waals surface area contributed by atoms with Crippen LogP contribution in [-0.4, -0.2) is 87.8 Å². The number of hydrogen-bond donors (Lipinski definition) is 1. The first-order chi connectivity index (χ1) is 14.6. The van der Waals surface area contributed by atoms with Gasteiger partial charge in [0.15, 0.2) is 0 Å². The van der Waals surface area contributed by atoms with Crippen molar-refractivity contribution in [2.24, 2.45) is 0 Å². The van der Waals surface area contributed by atoms with Crippen molar-refractivity contribution in [3.8, 4) is 0 Å². The number of benzene rings is 1. The highest BCUT2D eigenvalue weighted by molar-refractivity contribution is 7.86. The van der Waals surface area contributed by atoms with Gasteiger partial charge in [-0.15, -0.1) is 0 Å². The third-order valence-electron chi connectivity index (χ3n) is 3.72. The lowest BCUT2D eigenvalue weighted by Gasteiger charge is -2.08. The molecule has 0 aliphatic heterocycles. The lowest BCUT2D eigenvalue weighted by atomic mass is 10.2. The number of nitrogens with one attached hydrogen (secondary N) is 1. The zero-order valence-corrected chi connectivity index (χ0v) is 18.8. The van der Waals surface area contributed by atoms with Crippen LogP contribution >= 0.6 is 0 Å². The van der Waals surface area contributed by atoms with Crippen LogP contribution < -0.4 is 5.32 Å². The maximum atomic E-state index is 12.0. The first-order valence-corrected chi connectivity index (χ1v) is 11.5. The first-order valence-electron chi connectivity index (χ1n) is 10.1. The zero-order valence-electron chi connectivity index (χ0n) is 18.0. The van der Waals surface area contributed by atoms with Gasteiger partial charge in [0.1, 0.15) is 0 Å². The number of aryl methyl sites for hydroxylation is 1. The van der Waals surface area contributed by atoms with Crippen molar-refractivity contribution in [2.75, 3.05) is 79.3 Å². The molecule has 0 aromatic heterocycles.